The van der Waals surface area contributed by atoms with Crippen LogP contribution in [0.4, 0.5) is 5.69 Å². The van der Waals surface area contributed by atoms with Gasteiger partial charge in [-0.25, -0.2) is 13.1 Å². The summed E-state index contributed by atoms with van der Waals surface area (Å²) in [5, 5.41) is 1.37. The molecular formula is C17H17ClN2O2S. The van der Waals surface area contributed by atoms with Crippen molar-refractivity contribution in [3.63, 3.8) is 0 Å². The second kappa shape index (κ2) is 7.00. The number of halogens is 1. The summed E-state index contributed by atoms with van der Waals surface area (Å²) in [4.78, 5) is 0.244. The lowest BCUT2D eigenvalue weighted by Gasteiger charge is -2.11. The van der Waals surface area contributed by atoms with Gasteiger partial charge in [0.2, 0.25) is 10.0 Å². The number of nitrogens with one attached hydrogen (secondary N) is 1. The van der Waals surface area contributed by atoms with Gasteiger partial charge in [0.25, 0.3) is 0 Å². The van der Waals surface area contributed by atoms with Gasteiger partial charge in [-0.1, -0.05) is 54.6 Å². The van der Waals surface area contributed by atoms with Gasteiger partial charge < -0.3 is 5.73 Å². The van der Waals surface area contributed by atoms with Gasteiger partial charge >= 0.3 is 0 Å². The Bertz CT molecular complexity index is 912. The average molecular weight is 349 g/mol. The van der Waals surface area contributed by atoms with Gasteiger partial charge in [-0.3, -0.25) is 0 Å². The Morgan fingerprint density at radius 3 is 2.13 bits per heavy atom. The van der Waals surface area contributed by atoms with Crippen molar-refractivity contribution in [3.8, 4) is 0 Å². The van der Waals surface area contributed by atoms with Crippen LogP contribution in [0.25, 0.3) is 10.8 Å². The van der Waals surface area contributed by atoms with Gasteiger partial charge in [-0.2, -0.15) is 0 Å². The van der Waals surface area contributed by atoms with E-state index in [2.05, 4.69) is 4.72 Å². The first-order valence-electron chi connectivity index (χ1n) is 6.89. The fraction of sp³-hybridized carbons (Fsp3) is 0.0588. The lowest BCUT2D eigenvalue weighted by Crippen LogP contribution is -2.23. The normalized spacial score (nSPS) is 11.1. The number of fused-ring (bicyclic) bond motifs is 1. The van der Waals surface area contributed by atoms with Crippen molar-refractivity contribution < 1.29 is 8.42 Å². The fourth-order valence-electron chi connectivity index (χ4n) is 2.38. The van der Waals surface area contributed by atoms with Crippen LogP contribution in [0.1, 0.15) is 5.56 Å². The minimum atomic E-state index is -3.61. The van der Waals surface area contributed by atoms with E-state index in [-0.39, 0.29) is 23.8 Å². The molecule has 3 aromatic carbocycles. The highest BCUT2D eigenvalue weighted by Crippen LogP contribution is 2.27. The summed E-state index contributed by atoms with van der Waals surface area (Å²) in [7, 11) is -3.61. The lowest BCUT2D eigenvalue weighted by atomic mass is 10.1. The molecule has 3 aromatic rings. The zero-order valence-electron chi connectivity index (χ0n) is 12.3. The molecule has 0 aromatic heterocycles. The van der Waals surface area contributed by atoms with Crippen LogP contribution in [0.2, 0.25) is 0 Å². The SMILES string of the molecule is Cl.Nc1ccc(S(=O)(=O)NCc2ccccc2)c2ccccc12. The molecule has 0 amide bonds. The molecule has 3 N–H and O–H groups in total. The van der Waals surface area contributed by atoms with Crippen LogP contribution < -0.4 is 10.5 Å². The van der Waals surface area contributed by atoms with Gasteiger partial charge in [0, 0.05) is 23.0 Å². The molecule has 0 heterocycles. The predicted octanol–water partition coefficient (Wildman–Crippen LogP) is 3.32. The van der Waals surface area contributed by atoms with E-state index in [0.29, 0.717) is 11.1 Å². The van der Waals surface area contributed by atoms with E-state index in [9.17, 15) is 8.42 Å². The van der Waals surface area contributed by atoms with E-state index in [1.165, 1.54) is 0 Å². The second-order valence-electron chi connectivity index (χ2n) is 5.01. The average Bonchev–Trinajstić information content (AvgIpc) is 2.54. The Morgan fingerprint density at radius 2 is 1.43 bits per heavy atom. The largest absolute Gasteiger partial charge is 0.398 e. The highest BCUT2D eigenvalue weighted by Gasteiger charge is 2.17. The zero-order valence-corrected chi connectivity index (χ0v) is 13.9. The van der Waals surface area contributed by atoms with Crippen LogP contribution in [-0.4, -0.2) is 8.42 Å². The molecule has 0 aliphatic rings. The molecule has 4 nitrogen and oxygen atoms in total. The van der Waals surface area contributed by atoms with Gasteiger partial charge in [0.15, 0.2) is 0 Å². The number of benzene rings is 3. The van der Waals surface area contributed by atoms with Crippen molar-refractivity contribution >= 4 is 38.9 Å². The Hall–Kier alpha value is -2.08. The minimum Gasteiger partial charge on any atom is -0.398 e. The van der Waals surface area contributed by atoms with Gasteiger partial charge in [0.05, 0.1) is 4.90 Å². The molecule has 0 bridgehead atoms. The highest BCUT2D eigenvalue weighted by molar-refractivity contribution is 7.89. The first-order valence-corrected chi connectivity index (χ1v) is 8.37. The molecule has 0 aliphatic heterocycles. The maximum absolute atomic E-state index is 12.6. The third-order valence-corrected chi connectivity index (χ3v) is 4.98. The smallest absolute Gasteiger partial charge is 0.241 e. The molecule has 0 saturated carbocycles. The van der Waals surface area contributed by atoms with E-state index in [1.54, 1.807) is 24.3 Å². The maximum Gasteiger partial charge on any atom is 0.241 e. The molecule has 0 unspecified atom stereocenters. The number of anilines is 1. The van der Waals surface area contributed by atoms with E-state index >= 15 is 0 Å². The van der Waals surface area contributed by atoms with E-state index < -0.39 is 10.0 Å². The number of hydrogen-bond donors (Lipinski definition) is 2. The van der Waals surface area contributed by atoms with Crippen molar-refractivity contribution in [2.75, 3.05) is 5.73 Å². The summed E-state index contributed by atoms with van der Waals surface area (Å²) >= 11 is 0. The Kier molecular flexibility index (Phi) is 5.26. The molecule has 120 valence electrons. The van der Waals surface area contributed by atoms with Crippen LogP contribution in [0.15, 0.2) is 71.6 Å². The number of sulfonamides is 1. The summed E-state index contributed by atoms with van der Waals surface area (Å²) in [6.07, 6.45) is 0. The van der Waals surface area contributed by atoms with E-state index in [0.717, 1.165) is 10.9 Å². The first-order chi connectivity index (χ1) is 10.6. The van der Waals surface area contributed by atoms with Crippen molar-refractivity contribution in [2.24, 2.45) is 0 Å². The molecule has 0 saturated heterocycles. The number of nitrogens with two attached hydrogens (primary N) is 1. The highest BCUT2D eigenvalue weighted by atomic mass is 35.5. The summed E-state index contributed by atoms with van der Waals surface area (Å²) in [6.45, 7) is 0.252. The Labute approximate surface area is 141 Å². The van der Waals surface area contributed by atoms with Crippen LogP contribution in [0.3, 0.4) is 0 Å². The molecule has 23 heavy (non-hydrogen) atoms. The summed E-state index contributed by atoms with van der Waals surface area (Å²) < 4.78 is 27.8. The standard InChI is InChI=1S/C17H16N2O2S.ClH/c18-16-10-11-17(15-9-5-4-8-14(15)16)22(20,21)19-12-13-6-2-1-3-7-13;/h1-11,19H,12,18H2;1H. The topological polar surface area (TPSA) is 72.2 Å². The van der Waals surface area contributed by atoms with Crippen LogP contribution in [0, 0.1) is 0 Å². The molecular weight excluding hydrogens is 332 g/mol. The zero-order chi connectivity index (χ0) is 15.6. The first kappa shape index (κ1) is 17.3. The van der Waals surface area contributed by atoms with Gasteiger partial charge in [0.1, 0.15) is 0 Å². The maximum atomic E-state index is 12.6. The molecule has 3 rings (SSSR count). The van der Waals surface area contributed by atoms with Crippen LogP contribution >= 0.6 is 12.4 Å². The number of hydrogen-bond acceptors (Lipinski definition) is 3. The van der Waals surface area contributed by atoms with E-state index in [1.807, 2.05) is 42.5 Å². The summed E-state index contributed by atoms with van der Waals surface area (Å²) in [5.74, 6) is 0. The molecule has 0 radical (unpaired) electrons. The quantitative estimate of drug-likeness (QED) is 0.710. The number of nitrogen functional groups attached to an aromatic ring is 1. The van der Waals surface area contributed by atoms with E-state index in [4.69, 9.17) is 5.73 Å². The van der Waals surface area contributed by atoms with Crippen LogP contribution in [0.5, 0.6) is 0 Å². The van der Waals surface area contributed by atoms with Crippen molar-refractivity contribution in [3.05, 3.63) is 72.3 Å². The molecule has 6 heteroatoms. The van der Waals surface area contributed by atoms with Crippen molar-refractivity contribution in [1.82, 2.24) is 4.72 Å². The third kappa shape index (κ3) is 3.64. The molecule has 0 fully saturated rings. The molecule has 0 spiro atoms. The lowest BCUT2D eigenvalue weighted by molar-refractivity contribution is 0.582. The summed E-state index contributed by atoms with van der Waals surface area (Å²) in [5.41, 5.74) is 7.39. The minimum absolute atomic E-state index is 0. The number of rotatable bonds is 4. The van der Waals surface area contributed by atoms with Crippen LogP contribution in [-0.2, 0) is 16.6 Å². The third-order valence-electron chi connectivity index (χ3n) is 3.52. The van der Waals surface area contributed by atoms with Crippen molar-refractivity contribution in [1.29, 1.82) is 0 Å². The molecule has 0 atom stereocenters. The molecule has 0 aliphatic carbocycles. The predicted molar refractivity (Wildman–Crippen MR) is 96.1 cm³/mol. The second-order valence-corrected chi connectivity index (χ2v) is 6.74. The Morgan fingerprint density at radius 1 is 0.826 bits per heavy atom. The Balaban J connectivity index is 0.00000192. The van der Waals surface area contributed by atoms with Gasteiger partial charge in [-0.15, -0.1) is 12.4 Å². The van der Waals surface area contributed by atoms with Gasteiger partial charge in [-0.05, 0) is 17.7 Å². The van der Waals surface area contributed by atoms with Crippen molar-refractivity contribution in [2.45, 2.75) is 11.4 Å². The fourth-order valence-corrected chi connectivity index (χ4v) is 3.61. The summed E-state index contributed by atoms with van der Waals surface area (Å²) in [6, 6.07) is 19.8. The monoisotopic (exact) mass is 348 g/mol.